The molecule has 1 rings (SSSR count). The molecule has 0 bridgehead atoms. The summed E-state index contributed by atoms with van der Waals surface area (Å²) in [7, 11) is 1.37. The molecule has 0 aromatic heterocycles. The van der Waals surface area contributed by atoms with Crippen molar-refractivity contribution in [1.29, 1.82) is 0 Å². The van der Waals surface area contributed by atoms with Crippen molar-refractivity contribution >= 4 is 11.8 Å². The Bertz CT molecular complexity index is 452. The monoisotopic (exact) mass is 278 g/mol. The van der Waals surface area contributed by atoms with Gasteiger partial charge in [0.1, 0.15) is 5.75 Å². The predicted octanol–water partition coefficient (Wildman–Crippen LogP) is 3.39. The van der Waals surface area contributed by atoms with E-state index in [0.717, 1.165) is 0 Å². The van der Waals surface area contributed by atoms with E-state index in [1.54, 1.807) is 12.1 Å². The average Bonchev–Trinajstić information content (AvgIpc) is 2.42. The maximum Gasteiger partial charge on any atom is 0.305 e. The molecule has 0 saturated heterocycles. The minimum atomic E-state index is -0.232. The van der Waals surface area contributed by atoms with Gasteiger partial charge >= 0.3 is 5.97 Å². The highest BCUT2D eigenvalue weighted by Crippen LogP contribution is 2.17. The number of carbonyl (C=O) groups excluding carboxylic acids is 2. The Morgan fingerprint density at radius 1 is 1.15 bits per heavy atom. The molecule has 0 atom stereocenters. The van der Waals surface area contributed by atoms with Crippen LogP contribution < -0.4 is 4.74 Å². The summed E-state index contributed by atoms with van der Waals surface area (Å²) in [5, 5.41) is 0. The zero-order chi connectivity index (χ0) is 15.0. The smallest absolute Gasteiger partial charge is 0.305 e. The van der Waals surface area contributed by atoms with Crippen molar-refractivity contribution < 1.29 is 19.1 Å². The minimum absolute atomic E-state index is 0.0732. The Balaban J connectivity index is 2.45. The lowest BCUT2D eigenvalue weighted by atomic mass is 10.0. The number of ketones is 1. The van der Waals surface area contributed by atoms with Crippen molar-refractivity contribution in [3.05, 3.63) is 29.8 Å². The summed E-state index contributed by atoms with van der Waals surface area (Å²) in [5.74, 6) is 0.550. The molecule has 0 radical (unpaired) electrons. The maximum atomic E-state index is 12.0. The number of carbonyl (C=O) groups is 2. The molecule has 0 saturated carbocycles. The molecule has 0 unspecified atom stereocenters. The first-order valence-corrected chi connectivity index (χ1v) is 6.89. The standard InChI is InChI=1S/C16H22O4/c1-12(2)20-14-8-6-7-13(11-14)15(17)9-4-5-10-16(18)19-3/h6-8,11-12H,4-5,9-10H2,1-3H3. The van der Waals surface area contributed by atoms with Gasteiger partial charge in [-0.3, -0.25) is 9.59 Å². The van der Waals surface area contributed by atoms with Crippen LogP contribution in [0.25, 0.3) is 0 Å². The minimum Gasteiger partial charge on any atom is -0.491 e. The van der Waals surface area contributed by atoms with Crippen molar-refractivity contribution in [1.82, 2.24) is 0 Å². The highest BCUT2D eigenvalue weighted by Gasteiger charge is 2.08. The van der Waals surface area contributed by atoms with Crippen LogP contribution in [0.3, 0.4) is 0 Å². The van der Waals surface area contributed by atoms with Gasteiger partial charge in [-0.2, -0.15) is 0 Å². The van der Waals surface area contributed by atoms with E-state index in [1.165, 1.54) is 7.11 Å². The number of methoxy groups -OCH3 is 1. The van der Waals surface area contributed by atoms with Gasteiger partial charge in [0.15, 0.2) is 5.78 Å². The van der Waals surface area contributed by atoms with Crippen LogP contribution in [0.2, 0.25) is 0 Å². The molecular formula is C16H22O4. The van der Waals surface area contributed by atoms with Crippen molar-refractivity contribution in [2.45, 2.75) is 45.6 Å². The fourth-order valence-corrected chi connectivity index (χ4v) is 1.82. The molecule has 1 aromatic rings. The van der Waals surface area contributed by atoms with E-state index >= 15 is 0 Å². The molecule has 0 spiro atoms. The van der Waals surface area contributed by atoms with Crippen LogP contribution in [0.15, 0.2) is 24.3 Å². The molecule has 20 heavy (non-hydrogen) atoms. The normalized spacial score (nSPS) is 10.4. The van der Waals surface area contributed by atoms with E-state index < -0.39 is 0 Å². The molecule has 0 aliphatic rings. The third-order valence-electron chi connectivity index (χ3n) is 2.79. The SMILES string of the molecule is COC(=O)CCCCC(=O)c1cccc(OC(C)C)c1. The lowest BCUT2D eigenvalue weighted by Crippen LogP contribution is -2.07. The van der Waals surface area contributed by atoms with Crippen LogP contribution in [0, 0.1) is 0 Å². The van der Waals surface area contributed by atoms with Crippen LogP contribution in [0.1, 0.15) is 49.9 Å². The number of benzene rings is 1. The van der Waals surface area contributed by atoms with Crippen LogP contribution >= 0.6 is 0 Å². The molecule has 1 aromatic carbocycles. The first kappa shape index (κ1) is 16.2. The highest BCUT2D eigenvalue weighted by molar-refractivity contribution is 5.96. The van der Waals surface area contributed by atoms with Crippen molar-refractivity contribution in [2.24, 2.45) is 0 Å². The molecular weight excluding hydrogens is 256 g/mol. The van der Waals surface area contributed by atoms with E-state index in [0.29, 0.717) is 37.0 Å². The maximum absolute atomic E-state index is 12.0. The van der Waals surface area contributed by atoms with Crippen LogP contribution in [-0.4, -0.2) is 25.0 Å². The number of hydrogen-bond acceptors (Lipinski definition) is 4. The fourth-order valence-electron chi connectivity index (χ4n) is 1.82. The third-order valence-corrected chi connectivity index (χ3v) is 2.79. The largest absolute Gasteiger partial charge is 0.491 e. The zero-order valence-corrected chi connectivity index (χ0v) is 12.3. The number of ether oxygens (including phenoxy) is 2. The summed E-state index contributed by atoms with van der Waals surface area (Å²) < 4.78 is 10.1. The van der Waals surface area contributed by atoms with E-state index in [-0.39, 0.29) is 17.9 Å². The molecule has 110 valence electrons. The molecule has 0 amide bonds. The second-order valence-electron chi connectivity index (χ2n) is 4.90. The summed E-state index contributed by atoms with van der Waals surface area (Å²) in [6.45, 7) is 3.89. The van der Waals surface area contributed by atoms with Gasteiger partial charge in [0.05, 0.1) is 13.2 Å². The van der Waals surface area contributed by atoms with Crippen molar-refractivity contribution in [3.63, 3.8) is 0 Å². The fraction of sp³-hybridized carbons (Fsp3) is 0.500. The van der Waals surface area contributed by atoms with Gasteiger partial charge in [0.25, 0.3) is 0 Å². The zero-order valence-electron chi connectivity index (χ0n) is 12.3. The van der Waals surface area contributed by atoms with Gasteiger partial charge in [-0.1, -0.05) is 12.1 Å². The Hall–Kier alpha value is -1.84. The van der Waals surface area contributed by atoms with E-state index in [1.807, 2.05) is 26.0 Å². The molecule has 0 heterocycles. The lowest BCUT2D eigenvalue weighted by molar-refractivity contribution is -0.140. The first-order chi connectivity index (χ1) is 9.52. The van der Waals surface area contributed by atoms with Gasteiger partial charge < -0.3 is 9.47 Å². The molecule has 0 aliphatic heterocycles. The Labute approximate surface area is 120 Å². The van der Waals surface area contributed by atoms with Gasteiger partial charge in [0, 0.05) is 18.4 Å². The highest BCUT2D eigenvalue weighted by atomic mass is 16.5. The Morgan fingerprint density at radius 3 is 2.50 bits per heavy atom. The number of rotatable bonds is 8. The third kappa shape index (κ3) is 5.87. The average molecular weight is 278 g/mol. The second-order valence-corrected chi connectivity index (χ2v) is 4.90. The summed E-state index contributed by atoms with van der Waals surface area (Å²) >= 11 is 0. The number of unbranched alkanes of at least 4 members (excludes halogenated alkanes) is 1. The molecule has 0 N–H and O–H groups in total. The number of hydrogen-bond donors (Lipinski definition) is 0. The lowest BCUT2D eigenvalue weighted by Gasteiger charge is -2.10. The molecule has 0 fully saturated rings. The quantitative estimate of drug-likeness (QED) is 0.415. The molecule has 4 nitrogen and oxygen atoms in total. The van der Waals surface area contributed by atoms with Gasteiger partial charge in [-0.15, -0.1) is 0 Å². The van der Waals surface area contributed by atoms with Crippen LogP contribution in [-0.2, 0) is 9.53 Å². The van der Waals surface area contributed by atoms with Gasteiger partial charge in [0.2, 0.25) is 0 Å². The van der Waals surface area contributed by atoms with E-state index in [2.05, 4.69) is 4.74 Å². The van der Waals surface area contributed by atoms with Crippen LogP contribution in [0.4, 0.5) is 0 Å². The Kier molecular flexibility index (Phi) is 6.77. The summed E-state index contributed by atoms with van der Waals surface area (Å²) in [4.78, 5) is 23.0. The second kappa shape index (κ2) is 8.35. The van der Waals surface area contributed by atoms with Crippen molar-refractivity contribution in [2.75, 3.05) is 7.11 Å². The van der Waals surface area contributed by atoms with Crippen molar-refractivity contribution in [3.8, 4) is 5.75 Å². The van der Waals surface area contributed by atoms with E-state index in [9.17, 15) is 9.59 Å². The summed E-state index contributed by atoms with van der Waals surface area (Å²) in [5.41, 5.74) is 0.654. The molecule has 0 aliphatic carbocycles. The summed E-state index contributed by atoms with van der Waals surface area (Å²) in [6, 6.07) is 7.21. The topological polar surface area (TPSA) is 52.6 Å². The van der Waals surface area contributed by atoms with Crippen LogP contribution in [0.5, 0.6) is 5.75 Å². The van der Waals surface area contributed by atoms with E-state index in [4.69, 9.17) is 4.74 Å². The number of Topliss-reactive ketones (excluding diaryl/α,β-unsaturated/α-hetero) is 1. The first-order valence-electron chi connectivity index (χ1n) is 6.89. The van der Waals surface area contributed by atoms with Gasteiger partial charge in [-0.05, 0) is 38.8 Å². The predicted molar refractivity (Wildman–Crippen MR) is 77.0 cm³/mol. The van der Waals surface area contributed by atoms with Gasteiger partial charge in [-0.25, -0.2) is 0 Å². The Morgan fingerprint density at radius 2 is 1.85 bits per heavy atom. The number of esters is 1. The molecule has 4 heteroatoms. The summed E-state index contributed by atoms with van der Waals surface area (Å²) in [6.07, 6.45) is 2.23.